The molecule has 2 aromatic rings. The summed E-state index contributed by atoms with van der Waals surface area (Å²) in [7, 11) is 0. The van der Waals surface area contributed by atoms with Gasteiger partial charge in [-0.15, -0.1) is 0 Å². The minimum Gasteiger partial charge on any atom is -0.0696 e. The third-order valence-corrected chi connectivity index (χ3v) is 9.77. The zero-order valence-corrected chi connectivity index (χ0v) is 21.2. The summed E-state index contributed by atoms with van der Waals surface area (Å²) in [5.41, 5.74) is 12.4. The molecule has 0 aromatic heterocycles. The molecule has 34 heavy (non-hydrogen) atoms. The van der Waals surface area contributed by atoms with E-state index in [0.29, 0.717) is 11.8 Å². The predicted octanol–water partition coefficient (Wildman–Crippen LogP) is 9.39. The summed E-state index contributed by atoms with van der Waals surface area (Å²) in [6.07, 6.45) is 14.6. The molecule has 0 bridgehead atoms. The van der Waals surface area contributed by atoms with Crippen LogP contribution in [-0.2, 0) is 0 Å². The maximum Gasteiger partial charge on any atom is -0.0131 e. The zero-order valence-electron chi connectivity index (χ0n) is 21.2. The summed E-state index contributed by atoms with van der Waals surface area (Å²) in [5, 5.41) is 0. The Balaban J connectivity index is 1.36. The lowest BCUT2D eigenvalue weighted by Crippen LogP contribution is -2.13. The Labute approximate surface area is 206 Å². The van der Waals surface area contributed by atoms with Crippen molar-refractivity contribution in [2.75, 3.05) is 0 Å². The van der Waals surface area contributed by atoms with Crippen molar-refractivity contribution in [3.63, 3.8) is 0 Å². The largest absolute Gasteiger partial charge is 0.0696 e. The zero-order chi connectivity index (χ0) is 23.4. The average molecular weight is 447 g/mol. The molecule has 174 valence electrons. The van der Waals surface area contributed by atoms with Crippen molar-refractivity contribution in [2.45, 2.75) is 65.2 Å². The molecular formula is C34H38. The molecule has 4 unspecified atom stereocenters. The smallest absolute Gasteiger partial charge is 0.0131 e. The highest BCUT2D eigenvalue weighted by atomic mass is 14.4. The third-order valence-electron chi connectivity index (χ3n) is 9.77. The van der Waals surface area contributed by atoms with Crippen molar-refractivity contribution >= 4 is 0 Å². The van der Waals surface area contributed by atoms with Gasteiger partial charge in [-0.3, -0.25) is 0 Å². The van der Waals surface area contributed by atoms with Crippen LogP contribution < -0.4 is 0 Å². The van der Waals surface area contributed by atoms with Gasteiger partial charge in [0.15, 0.2) is 0 Å². The van der Waals surface area contributed by atoms with Crippen molar-refractivity contribution in [3.05, 3.63) is 106 Å². The molecule has 0 radical (unpaired) electrons. The van der Waals surface area contributed by atoms with Crippen LogP contribution in [0.4, 0.5) is 0 Å². The number of benzene rings is 2. The second-order valence-electron chi connectivity index (χ2n) is 11.6. The predicted molar refractivity (Wildman–Crippen MR) is 145 cm³/mol. The van der Waals surface area contributed by atoms with Crippen molar-refractivity contribution in [3.8, 4) is 11.1 Å². The molecule has 0 saturated heterocycles. The standard InChI is InChI=1S/C34H38/c1-21-13-14-22(2)32-18-25(17-31(21)32)27-9-5-7-11-29(27)30-12-8-6-10-28(30)26-19-33-23(3)15-16-24(4)34(33)20-26/h5-16,25-26,31-34H,17-20H2,1-4H3. The molecule has 6 rings (SSSR count). The summed E-state index contributed by atoms with van der Waals surface area (Å²) >= 11 is 0. The normalized spacial score (nSPS) is 32.4. The van der Waals surface area contributed by atoms with Crippen LogP contribution in [0.1, 0.15) is 76.3 Å². The minimum atomic E-state index is 0.644. The molecule has 4 aliphatic rings. The second-order valence-corrected chi connectivity index (χ2v) is 11.6. The fourth-order valence-electron chi connectivity index (χ4n) is 7.81. The monoisotopic (exact) mass is 446 g/mol. The first-order valence-electron chi connectivity index (χ1n) is 13.4. The lowest BCUT2D eigenvalue weighted by Gasteiger charge is -2.24. The fraction of sp³-hybridized carbons (Fsp3) is 0.412. The first-order chi connectivity index (χ1) is 16.5. The number of allylic oxidation sites excluding steroid dienone is 8. The highest BCUT2D eigenvalue weighted by Crippen LogP contribution is 2.54. The molecule has 0 amide bonds. The summed E-state index contributed by atoms with van der Waals surface area (Å²) in [6.45, 7) is 9.38. The van der Waals surface area contributed by atoms with Crippen LogP contribution in [0.5, 0.6) is 0 Å². The van der Waals surface area contributed by atoms with E-state index in [-0.39, 0.29) is 0 Å². The van der Waals surface area contributed by atoms with E-state index in [4.69, 9.17) is 0 Å². The first kappa shape index (κ1) is 21.9. The second kappa shape index (κ2) is 8.56. The molecule has 0 N–H and O–H groups in total. The van der Waals surface area contributed by atoms with Crippen LogP contribution in [0.25, 0.3) is 11.1 Å². The van der Waals surface area contributed by atoms with Crippen LogP contribution in [0.15, 0.2) is 95.1 Å². The highest BCUT2D eigenvalue weighted by Gasteiger charge is 2.40. The van der Waals surface area contributed by atoms with Gasteiger partial charge in [-0.2, -0.15) is 0 Å². The molecule has 4 aliphatic carbocycles. The van der Waals surface area contributed by atoms with Crippen molar-refractivity contribution in [1.82, 2.24) is 0 Å². The molecule has 0 heteroatoms. The van der Waals surface area contributed by atoms with E-state index in [0.717, 1.165) is 23.7 Å². The highest BCUT2D eigenvalue weighted by molar-refractivity contribution is 5.72. The van der Waals surface area contributed by atoms with Crippen LogP contribution in [0.3, 0.4) is 0 Å². The van der Waals surface area contributed by atoms with Crippen molar-refractivity contribution in [2.24, 2.45) is 23.7 Å². The number of fused-ring (bicyclic) bond motifs is 2. The van der Waals surface area contributed by atoms with Crippen LogP contribution in [0, 0.1) is 23.7 Å². The van der Waals surface area contributed by atoms with Gasteiger partial charge in [0, 0.05) is 0 Å². The van der Waals surface area contributed by atoms with Gasteiger partial charge in [0.05, 0.1) is 0 Å². The lowest BCUT2D eigenvalue weighted by atomic mass is 9.81. The lowest BCUT2D eigenvalue weighted by molar-refractivity contribution is 0.496. The van der Waals surface area contributed by atoms with Crippen LogP contribution >= 0.6 is 0 Å². The van der Waals surface area contributed by atoms with Crippen LogP contribution in [0.2, 0.25) is 0 Å². The van der Waals surface area contributed by atoms with E-state index in [9.17, 15) is 0 Å². The summed E-state index contributed by atoms with van der Waals surface area (Å²) in [5.74, 6) is 4.18. The Kier molecular flexibility index (Phi) is 5.51. The molecule has 0 aliphatic heterocycles. The molecule has 0 heterocycles. The molecule has 0 spiro atoms. The minimum absolute atomic E-state index is 0.644. The van der Waals surface area contributed by atoms with Crippen LogP contribution in [-0.4, -0.2) is 0 Å². The number of rotatable bonds is 3. The SMILES string of the molecule is CC1=CC=C(C)C2CC(c3ccccc3-c3ccccc3C3CC4C(C)=CC=C(C)C4C3)CC12. The molecule has 2 aromatic carbocycles. The van der Waals surface area contributed by atoms with E-state index in [2.05, 4.69) is 101 Å². The summed E-state index contributed by atoms with van der Waals surface area (Å²) in [6, 6.07) is 18.7. The Morgan fingerprint density at radius 2 is 0.735 bits per heavy atom. The van der Waals surface area contributed by atoms with Gasteiger partial charge in [0.25, 0.3) is 0 Å². The van der Waals surface area contributed by atoms with E-state index >= 15 is 0 Å². The van der Waals surface area contributed by atoms with Gasteiger partial charge < -0.3 is 0 Å². The van der Waals surface area contributed by atoms with Gasteiger partial charge in [-0.05, 0) is 111 Å². The van der Waals surface area contributed by atoms with Gasteiger partial charge in [-0.25, -0.2) is 0 Å². The quantitative estimate of drug-likeness (QED) is 0.440. The molecular weight excluding hydrogens is 408 g/mol. The average Bonchev–Trinajstić information content (AvgIpc) is 3.51. The maximum atomic E-state index is 2.43. The summed E-state index contributed by atoms with van der Waals surface area (Å²) < 4.78 is 0. The van der Waals surface area contributed by atoms with Gasteiger partial charge in [0.1, 0.15) is 0 Å². The van der Waals surface area contributed by atoms with E-state index in [1.54, 1.807) is 33.4 Å². The number of hydrogen-bond acceptors (Lipinski definition) is 0. The Morgan fingerprint density at radius 3 is 1.06 bits per heavy atom. The molecule has 2 fully saturated rings. The molecule has 0 nitrogen and oxygen atoms in total. The first-order valence-corrected chi connectivity index (χ1v) is 13.4. The van der Waals surface area contributed by atoms with E-state index in [1.165, 1.54) is 36.8 Å². The van der Waals surface area contributed by atoms with Crippen molar-refractivity contribution in [1.29, 1.82) is 0 Å². The van der Waals surface area contributed by atoms with Gasteiger partial charge in [0.2, 0.25) is 0 Å². The molecule has 4 atom stereocenters. The van der Waals surface area contributed by atoms with E-state index < -0.39 is 0 Å². The van der Waals surface area contributed by atoms with Gasteiger partial charge in [-0.1, -0.05) is 95.1 Å². The fourth-order valence-corrected chi connectivity index (χ4v) is 7.81. The molecule has 2 saturated carbocycles. The van der Waals surface area contributed by atoms with E-state index in [1.807, 2.05) is 0 Å². The Morgan fingerprint density at radius 1 is 0.441 bits per heavy atom. The summed E-state index contributed by atoms with van der Waals surface area (Å²) in [4.78, 5) is 0. The third kappa shape index (κ3) is 3.58. The Hall–Kier alpha value is -2.60. The number of hydrogen-bond donors (Lipinski definition) is 0. The van der Waals surface area contributed by atoms with Gasteiger partial charge >= 0.3 is 0 Å². The maximum absolute atomic E-state index is 2.43. The Bertz CT molecular complexity index is 1080. The van der Waals surface area contributed by atoms with Crippen molar-refractivity contribution < 1.29 is 0 Å². The topological polar surface area (TPSA) is 0 Å².